The van der Waals surface area contributed by atoms with Crippen molar-refractivity contribution in [3.05, 3.63) is 53.4 Å². The van der Waals surface area contributed by atoms with E-state index < -0.39 is 0 Å². The second-order valence-corrected chi connectivity index (χ2v) is 6.80. The van der Waals surface area contributed by atoms with Gasteiger partial charge in [0.2, 0.25) is 11.8 Å². The van der Waals surface area contributed by atoms with E-state index in [-0.39, 0.29) is 23.8 Å². The van der Waals surface area contributed by atoms with Crippen LogP contribution in [0.15, 0.2) is 40.9 Å². The Kier molecular flexibility index (Phi) is 5.40. The summed E-state index contributed by atoms with van der Waals surface area (Å²) in [5, 5.41) is 3.97. The summed E-state index contributed by atoms with van der Waals surface area (Å²) in [5.74, 6) is 0.613. The Hall–Kier alpha value is -2.63. The third-order valence-corrected chi connectivity index (χ3v) is 4.96. The molecule has 3 rings (SSSR count). The van der Waals surface area contributed by atoms with Crippen LogP contribution < -0.4 is 0 Å². The Morgan fingerprint density at radius 3 is 2.69 bits per heavy atom. The van der Waals surface area contributed by atoms with E-state index in [9.17, 15) is 9.59 Å². The summed E-state index contributed by atoms with van der Waals surface area (Å²) in [6, 6.07) is 11.4. The van der Waals surface area contributed by atoms with Gasteiger partial charge in [-0.1, -0.05) is 35.5 Å². The second kappa shape index (κ2) is 7.72. The van der Waals surface area contributed by atoms with Gasteiger partial charge in [-0.25, -0.2) is 0 Å². The lowest BCUT2D eigenvalue weighted by Gasteiger charge is -2.41. The van der Waals surface area contributed by atoms with E-state index in [4.69, 9.17) is 4.52 Å². The molecule has 1 fully saturated rings. The fourth-order valence-electron chi connectivity index (χ4n) is 3.74. The van der Waals surface area contributed by atoms with Crippen LogP contribution in [0.1, 0.15) is 42.8 Å². The third-order valence-electron chi connectivity index (χ3n) is 4.96. The molecule has 0 bridgehead atoms. The number of hydrogen-bond acceptors (Lipinski definition) is 4. The average Bonchev–Trinajstić information content (AvgIpc) is 3.06. The van der Waals surface area contributed by atoms with E-state index in [2.05, 4.69) is 5.16 Å². The molecule has 0 N–H and O–H groups in total. The molecule has 0 saturated carbocycles. The van der Waals surface area contributed by atoms with Crippen LogP contribution in [0, 0.1) is 12.8 Å². The van der Waals surface area contributed by atoms with E-state index in [0.717, 1.165) is 17.0 Å². The van der Waals surface area contributed by atoms with E-state index in [0.29, 0.717) is 25.9 Å². The number of nitrogens with zero attached hydrogens (tertiary/aromatic N) is 3. The zero-order chi connectivity index (χ0) is 18.7. The zero-order valence-electron chi connectivity index (χ0n) is 15.5. The molecule has 0 radical (unpaired) electrons. The van der Waals surface area contributed by atoms with Gasteiger partial charge in [-0.15, -0.1) is 0 Å². The summed E-state index contributed by atoms with van der Waals surface area (Å²) in [6.07, 6.45) is 0.973. The summed E-state index contributed by atoms with van der Waals surface area (Å²) < 4.78 is 5.09. The van der Waals surface area contributed by atoms with Crippen molar-refractivity contribution in [1.29, 1.82) is 0 Å². The Labute approximate surface area is 153 Å². The summed E-state index contributed by atoms with van der Waals surface area (Å²) in [6.45, 7) is 4.78. The van der Waals surface area contributed by atoms with Crippen LogP contribution >= 0.6 is 0 Å². The van der Waals surface area contributed by atoms with Gasteiger partial charge in [0.05, 0.1) is 18.5 Å². The first-order valence-corrected chi connectivity index (χ1v) is 9.02. The first kappa shape index (κ1) is 18.2. The highest BCUT2D eigenvalue weighted by molar-refractivity contribution is 5.85. The van der Waals surface area contributed by atoms with E-state index in [1.807, 2.05) is 55.1 Å². The molecule has 1 aromatic heterocycles. The molecule has 1 aromatic carbocycles. The molecule has 2 atom stereocenters. The minimum atomic E-state index is -0.256. The molecule has 6 heteroatoms. The van der Waals surface area contributed by atoms with Crippen molar-refractivity contribution >= 4 is 11.8 Å². The number of piperidine rings is 1. The Morgan fingerprint density at radius 2 is 2.08 bits per heavy atom. The number of rotatable bonds is 5. The number of aromatic nitrogens is 1. The van der Waals surface area contributed by atoms with Gasteiger partial charge in [0.25, 0.3) is 0 Å². The van der Waals surface area contributed by atoms with Crippen molar-refractivity contribution < 1.29 is 14.1 Å². The van der Waals surface area contributed by atoms with Gasteiger partial charge in [0.15, 0.2) is 0 Å². The number of benzene rings is 1. The lowest BCUT2D eigenvalue weighted by molar-refractivity contribution is -0.147. The fourth-order valence-corrected chi connectivity index (χ4v) is 3.74. The smallest absolute Gasteiger partial charge is 0.228 e. The molecule has 0 spiro atoms. The van der Waals surface area contributed by atoms with Crippen molar-refractivity contribution in [2.45, 2.75) is 39.3 Å². The SMILES string of the molecule is CCN1C(=O)CC[C@@H](C(=O)N(C)Cc2cc(C)on2)[C@@H]1c1ccccc1. The van der Waals surface area contributed by atoms with Gasteiger partial charge < -0.3 is 14.3 Å². The molecule has 2 amide bonds. The normalized spacial score (nSPS) is 20.3. The quantitative estimate of drug-likeness (QED) is 0.827. The number of carbonyl (C=O) groups excluding carboxylic acids is 2. The first-order chi connectivity index (χ1) is 12.5. The van der Waals surface area contributed by atoms with Crippen LogP contribution in [0.5, 0.6) is 0 Å². The molecule has 138 valence electrons. The predicted octanol–water partition coefficient (Wildman–Crippen LogP) is 2.94. The summed E-state index contributed by atoms with van der Waals surface area (Å²) in [4.78, 5) is 29.1. The molecular weight excluding hydrogens is 330 g/mol. The van der Waals surface area contributed by atoms with E-state index >= 15 is 0 Å². The average molecular weight is 355 g/mol. The van der Waals surface area contributed by atoms with Crippen LogP contribution in [0.2, 0.25) is 0 Å². The third kappa shape index (κ3) is 3.64. The molecule has 26 heavy (non-hydrogen) atoms. The number of amides is 2. The molecule has 0 aliphatic carbocycles. The molecule has 6 nitrogen and oxygen atoms in total. The van der Waals surface area contributed by atoms with Gasteiger partial charge in [-0.3, -0.25) is 9.59 Å². The number of aryl methyl sites for hydroxylation is 1. The van der Waals surface area contributed by atoms with E-state index in [1.54, 1.807) is 11.9 Å². The molecule has 2 heterocycles. The number of likely N-dealkylation sites (tertiary alicyclic amines) is 1. The van der Waals surface area contributed by atoms with Crippen molar-refractivity contribution in [2.75, 3.05) is 13.6 Å². The lowest BCUT2D eigenvalue weighted by atomic mass is 9.83. The second-order valence-electron chi connectivity index (χ2n) is 6.80. The maximum absolute atomic E-state index is 13.2. The molecule has 0 unspecified atom stereocenters. The van der Waals surface area contributed by atoms with Crippen LogP contribution in [0.4, 0.5) is 0 Å². The predicted molar refractivity (Wildman–Crippen MR) is 97.0 cm³/mol. The first-order valence-electron chi connectivity index (χ1n) is 9.02. The Balaban J connectivity index is 1.85. The maximum atomic E-state index is 13.2. The largest absolute Gasteiger partial charge is 0.361 e. The molecule has 1 aliphatic heterocycles. The van der Waals surface area contributed by atoms with Crippen LogP contribution in [0.25, 0.3) is 0 Å². The van der Waals surface area contributed by atoms with Crippen molar-refractivity contribution in [3.8, 4) is 0 Å². The van der Waals surface area contributed by atoms with Gasteiger partial charge in [0.1, 0.15) is 11.5 Å². The van der Waals surface area contributed by atoms with Gasteiger partial charge >= 0.3 is 0 Å². The van der Waals surface area contributed by atoms with Gasteiger partial charge in [0, 0.05) is 26.1 Å². The van der Waals surface area contributed by atoms with Crippen LogP contribution in [-0.4, -0.2) is 40.4 Å². The number of carbonyl (C=O) groups is 2. The van der Waals surface area contributed by atoms with Crippen molar-refractivity contribution in [2.24, 2.45) is 5.92 Å². The minimum absolute atomic E-state index is 0.0328. The highest BCUT2D eigenvalue weighted by Gasteiger charge is 2.40. The monoisotopic (exact) mass is 355 g/mol. The highest BCUT2D eigenvalue weighted by Crippen LogP contribution is 2.37. The van der Waals surface area contributed by atoms with Crippen molar-refractivity contribution in [3.63, 3.8) is 0 Å². The van der Waals surface area contributed by atoms with Crippen LogP contribution in [0.3, 0.4) is 0 Å². The summed E-state index contributed by atoms with van der Waals surface area (Å²) >= 11 is 0. The number of hydrogen-bond donors (Lipinski definition) is 0. The Bertz CT molecular complexity index is 772. The highest BCUT2D eigenvalue weighted by atomic mass is 16.5. The summed E-state index contributed by atoms with van der Waals surface area (Å²) in [7, 11) is 1.78. The standard InChI is InChI=1S/C20H25N3O3/c1-4-23-18(24)11-10-17(19(23)15-8-6-5-7-9-15)20(25)22(3)13-16-12-14(2)26-21-16/h5-9,12,17,19H,4,10-11,13H2,1-3H3/t17-,19+/m1/s1. The maximum Gasteiger partial charge on any atom is 0.228 e. The van der Waals surface area contributed by atoms with E-state index in [1.165, 1.54) is 0 Å². The molecule has 2 aromatic rings. The topological polar surface area (TPSA) is 66.7 Å². The van der Waals surface area contributed by atoms with Gasteiger partial charge in [-0.05, 0) is 25.8 Å². The minimum Gasteiger partial charge on any atom is -0.361 e. The van der Waals surface area contributed by atoms with Crippen LogP contribution in [-0.2, 0) is 16.1 Å². The molecular formula is C20H25N3O3. The molecule has 1 aliphatic rings. The Morgan fingerprint density at radius 1 is 1.35 bits per heavy atom. The summed E-state index contributed by atoms with van der Waals surface area (Å²) in [5.41, 5.74) is 1.74. The lowest BCUT2D eigenvalue weighted by Crippen LogP contribution is -2.48. The van der Waals surface area contributed by atoms with Crippen molar-refractivity contribution in [1.82, 2.24) is 15.0 Å². The van der Waals surface area contributed by atoms with Gasteiger partial charge in [-0.2, -0.15) is 0 Å². The zero-order valence-corrected chi connectivity index (χ0v) is 15.5. The fraction of sp³-hybridized carbons (Fsp3) is 0.450. The molecule has 1 saturated heterocycles.